The van der Waals surface area contributed by atoms with Crippen molar-refractivity contribution in [1.29, 1.82) is 0 Å². The highest BCUT2D eigenvalue weighted by Gasteiger charge is 2.32. The topological polar surface area (TPSA) is 89.5 Å². The fourth-order valence-electron chi connectivity index (χ4n) is 2.04. The molecule has 126 valence electrons. The average Bonchev–Trinajstić information content (AvgIpc) is 2.76. The fourth-order valence-corrected chi connectivity index (χ4v) is 3.63. The quantitative estimate of drug-likeness (QED) is 0.877. The van der Waals surface area contributed by atoms with Gasteiger partial charge in [0.05, 0.1) is 17.1 Å². The Bertz CT molecular complexity index is 729. The molecule has 0 spiro atoms. The zero-order valence-corrected chi connectivity index (χ0v) is 12.4. The van der Waals surface area contributed by atoms with Crippen molar-refractivity contribution in [2.75, 3.05) is 11.5 Å². The van der Waals surface area contributed by atoms with Crippen molar-refractivity contribution in [1.82, 2.24) is 5.32 Å². The van der Waals surface area contributed by atoms with Gasteiger partial charge in [0.25, 0.3) is 5.91 Å². The lowest BCUT2D eigenvalue weighted by atomic mass is 10.1. The Kier molecular flexibility index (Phi) is 4.64. The number of sulfone groups is 1. The Morgan fingerprint density at radius 3 is 2.52 bits per heavy atom. The number of hydrogen-bond acceptors (Lipinski definition) is 5. The first-order valence-electron chi connectivity index (χ1n) is 6.46. The predicted octanol–water partition coefficient (Wildman–Crippen LogP) is 1.76. The summed E-state index contributed by atoms with van der Waals surface area (Å²) in [4.78, 5) is 23.2. The number of amides is 2. The van der Waals surface area contributed by atoms with Crippen molar-refractivity contribution < 1.29 is 35.9 Å². The van der Waals surface area contributed by atoms with Gasteiger partial charge in [0.2, 0.25) is 0 Å². The number of carbonyl (C=O) groups is 2. The molecular weight excluding hydrogens is 339 g/mol. The molecule has 6 nitrogen and oxygen atoms in total. The van der Waals surface area contributed by atoms with Crippen molar-refractivity contribution in [2.45, 2.75) is 18.7 Å². The van der Waals surface area contributed by atoms with Gasteiger partial charge >= 0.3 is 12.3 Å². The minimum Gasteiger partial charge on any atom is -0.445 e. The summed E-state index contributed by atoms with van der Waals surface area (Å²) >= 11 is 0. The summed E-state index contributed by atoms with van der Waals surface area (Å²) in [6, 6.07) is 3.53. The van der Waals surface area contributed by atoms with Crippen LogP contribution in [0, 0.1) is 0 Å². The Labute approximate surface area is 129 Å². The van der Waals surface area contributed by atoms with E-state index in [9.17, 15) is 31.2 Å². The van der Waals surface area contributed by atoms with E-state index < -0.39 is 39.7 Å². The van der Waals surface area contributed by atoms with Crippen molar-refractivity contribution in [3.63, 3.8) is 0 Å². The predicted molar refractivity (Wildman–Crippen MR) is 72.5 cm³/mol. The molecule has 0 bridgehead atoms. The van der Waals surface area contributed by atoms with Gasteiger partial charge in [-0.2, -0.15) is 13.2 Å². The number of hydrogen-bond donors (Lipinski definition) is 1. The molecule has 0 radical (unpaired) electrons. The fraction of sp³-hybridized carbons (Fsp3) is 0.385. The molecule has 1 N–H and O–H groups in total. The summed E-state index contributed by atoms with van der Waals surface area (Å²) in [6.07, 6.45) is -6.56. The normalized spacial score (nSPS) is 20.0. The van der Waals surface area contributed by atoms with Gasteiger partial charge in [-0.1, -0.05) is 6.07 Å². The molecule has 1 aliphatic heterocycles. The van der Waals surface area contributed by atoms with Crippen LogP contribution in [0.25, 0.3) is 0 Å². The second-order valence-electron chi connectivity index (χ2n) is 4.96. The summed E-state index contributed by atoms with van der Waals surface area (Å²) in [5, 5.41) is 1.77. The molecule has 0 aliphatic carbocycles. The average molecular weight is 351 g/mol. The Morgan fingerprint density at radius 1 is 1.26 bits per heavy atom. The maximum Gasteiger partial charge on any atom is 0.416 e. The maximum atomic E-state index is 12.6. The molecule has 10 heteroatoms. The van der Waals surface area contributed by atoms with Gasteiger partial charge in [0, 0.05) is 5.56 Å². The molecular formula is C13H12F3NO5S. The third kappa shape index (κ3) is 4.68. The smallest absolute Gasteiger partial charge is 0.416 e. The monoisotopic (exact) mass is 351 g/mol. The number of alkyl carbamates (subject to hydrolysis) is 1. The summed E-state index contributed by atoms with van der Waals surface area (Å²) in [6.45, 7) is 0. The van der Waals surface area contributed by atoms with Gasteiger partial charge < -0.3 is 4.74 Å². The minimum atomic E-state index is -4.62. The lowest BCUT2D eigenvalue weighted by Crippen LogP contribution is -2.34. The van der Waals surface area contributed by atoms with E-state index in [1.54, 1.807) is 5.32 Å². The molecule has 1 atom stereocenters. The van der Waals surface area contributed by atoms with Gasteiger partial charge in [0.15, 0.2) is 9.84 Å². The highest BCUT2D eigenvalue weighted by Crippen LogP contribution is 2.29. The second kappa shape index (κ2) is 6.19. The molecule has 23 heavy (non-hydrogen) atoms. The molecule has 0 unspecified atom stereocenters. The van der Waals surface area contributed by atoms with Crippen LogP contribution in [0.15, 0.2) is 24.3 Å². The van der Waals surface area contributed by atoms with E-state index in [1.807, 2.05) is 0 Å². The molecule has 1 heterocycles. The number of nitrogens with one attached hydrogen (secondary N) is 1. The Morgan fingerprint density at radius 2 is 1.96 bits per heavy atom. The van der Waals surface area contributed by atoms with E-state index in [0.29, 0.717) is 6.07 Å². The lowest BCUT2D eigenvalue weighted by molar-refractivity contribution is -0.137. The Hall–Kier alpha value is -2.10. The summed E-state index contributed by atoms with van der Waals surface area (Å²) < 4.78 is 64.9. The maximum absolute atomic E-state index is 12.6. The highest BCUT2D eigenvalue weighted by molar-refractivity contribution is 7.91. The van der Waals surface area contributed by atoms with Crippen LogP contribution >= 0.6 is 0 Å². The van der Waals surface area contributed by atoms with Gasteiger partial charge in [0.1, 0.15) is 6.10 Å². The summed E-state index contributed by atoms with van der Waals surface area (Å²) in [5.41, 5.74) is -1.39. The second-order valence-corrected chi connectivity index (χ2v) is 7.19. The third-order valence-electron chi connectivity index (χ3n) is 3.13. The number of halogens is 3. The van der Waals surface area contributed by atoms with Crippen molar-refractivity contribution in [2.24, 2.45) is 0 Å². The first kappa shape index (κ1) is 17.3. The van der Waals surface area contributed by atoms with Crippen LogP contribution in [0.5, 0.6) is 0 Å². The zero-order valence-electron chi connectivity index (χ0n) is 11.6. The van der Waals surface area contributed by atoms with Crippen LogP contribution in [0.2, 0.25) is 0 Å². The number of ether oxygens (including phenoxy) is 1. The molecule has 0 aromatic heterocycles. The number of benzene rings is 1. The molecule has 2 rings (SSSR count). The number of rotatable bonds is 2. The van der Waals surface area contributed by atoms with Crippen molar-refractivity contribution in [3.05, 3.63) is 35.4 Å². The molecule has 2 amide bonds. The van der Waals surface area contributed by atoms with Gasteiger partial charge in [-0.3, -0.25) is 10.1 Å². The Balaban J connectivity index is 1.98. The van der Waals surface area contributed by atoms with E-state index in [0.717, 1.165) is 18.2 Å². The van der Waals surface area contributed by atoms with E-state index in [-0.39, 0.29) is 23.5 Å². The van der Waals surface area contributed by atoms with Crippen LogP contribution in [0.1, 0.15) is 22.3 Å². The molecule has 1 aromatic rings. The standard InChI is InChI=1S/C13H12F3NO5S/c14-13(15,16)9-3-1-2-8(6-9)11(18)17-12(19)22-10-4-5-23(20,21)7-10/h1-3,6,10H,4-5,7H2,(H,17,18,19)/t10-/m0/s1. The molecule has 1 saturated heterocycles. The number of carbonyl (C=O) groups excluding carboxylic acids is 2. The first-order valence-corrected chi connectivity index (χ1v) is 8.28. The minimum absolute atomic E-state index is 0.119. The van der Waals surface area contributed by atoms with Crippen molar-refractivity contribution in [3.8, 4) is 0 Å². The van der Waals surface area contributed by atoms with E-state index in [1.165, 1.54) is 0 Å². The van der Waals surface area contributed by atoms with Crippen LogP contribution in [0.3, 0.4) is 0 Å². The van der Waals surface area contributed by atoms with E-state index >= 15 is 0 Å². The number of alkyl halides is 3. The SMILES string of the molecule is O=C(NC(=O)c1cccc(C(F)(F)F)c1)O[C@H]1CCS(=O)(=O)C1. The molecule has 1 aliphatic rings. The zero-order chi connectivity index (χ0) is 17.3. The molecule has 0 saturated carbocycles. The van der Waals surface area contributed by atoms with Crippen LogP contribution in [-0.4, -0.2) is 38.0 Å². The molecule has 1 aromatic carbocycles. The summed E-state index contributed by atoms with van der Waals surface area (Å²) in [5.74, 6) is -1.52. The van der Waals surface area contributed by atoms with Crippen LogP contribution in [-0.2, 0) is 20.8 Å². The lowest BCUT2D eigenvalue weighted by Gasteiger charge is -2.11. The highest BCUT2D eigenvalue weighted by atomic mass is 32.2. The number of imide groups is 1. The van der Waals surface area contributed by atoms with Crippen LogP contribution < -0.4 is 5.32 Å². The molecule has 1 fully saturated rings. The van der Waals surface area contributed by atoms with E-state index in [2.05, 4.69) is 0 Å². The van der Waals surface area contributed by atoms with Gasteiger partial charge in [-0.05, 0) is 24.6 Å². The first-order chi connectivity index (χ1) is 10.6. The summed E-state index contributed by atoms with van der Waals surface area (Å²) in [7, 11) is -3.26. The third-order valence-corrected chi connectivity index (χ3v) is 4.87. The van der Waals surface area contributed by atoms with Crippen LogP contribution in [0.4, 0.5) is 18.0 Å². The van der Waals surface area contributed by atoms with Gasteiger partial charge in [-0.15, -0.1) is 0 Å². The van der Waals surface area contributed by atoms with E-state index in [4.69, 9.17) is 4.74 Å². The van der Waals surface area contributed by atoms with Crippen molar-refractivity contribution >= 4 is 21.8 Å². The largest absolute Gasteiger partial charge is 0.445 e. The van der Waals surface area contributed by atoms with Gasteiger partial charge in [-0.25, -0.2) is 13.2 Å².